The summed E-state index contributed by atoms with van der Waals surface area (Å²) < 4.78 is 6.41. The highest BCUT2D eigenvalue weighted by Crippen LogP contribution is 2.28. The van der Waals surface area contributed by atoms with Crippen molar-refractivity contribution in [3.05, 3.63) is 48.6 Å². The Morgan fingerprint density at radius 2 is 2.04 bits per heavy atom. The Labute approximate surface area is 143 Å². The molecule has 1 saturated heterocycles. The molecule has 1 aliphatic rings. The van der Waals surface area contributed by atoms with Gasteiger partial charge in [-0.05, 0) is 37.7 Å². The van der Waals surface area contributed by atoms with Crippen LogP contribution in [0.5, 0.6) is 0 Å². The van der Waals surface area contributed by atoms with Crippen molar-refractivity contribution in [3.8, 4) is 0 Å². The first kappa shape index (κ1) is 18.4. The van der Waals surface area contributed by atoms with E-state index in [1.54, 1.807) is 0 Å². The van der Waals surface area contributed by atoms with E-state index < -0.39 is 8.32 Å². The topological polar surface area (TPSA) is 12.5 Å². The van der Waals surface area contributed by atoms with Gasteiger partial charge in [-0.25, -0.2) is 0 Å². The maximum absolute atomic E-state index is 6.41. The van der Waals surface area contributed by atoms with E-state index >= 15 is 0 Å². The van der Waals surface area contributed by atoms with Crippen molar-refractivity contribution in [2.75, 3.05) is 13.2 Å². The van der Waals surface area contributed by atoms with Crippen LogP contribution in [-0.4, -0.2) is 32.4 Å². The number of unbranched alkanes of at least 4 members (excludes halogenated alkanes) is 1. The summed E-state index contributed by atoms with van der Waals surface area (Å²) in [6, 6.07) is 12.5. The van der Waals surface area contributed by atoms with Crippen LogP contribution in [0.3, 0.4) is 0 Å². The van der Waals surface area contributed by atoms with Crippen LogP contribution in [0.15, 0.2) is 43.0 Å². The third kappa shape index (κ3) is 5.59. The number of rotatable bonds is 9. The molecule has 1 aromatic rings. The fraction of sp³-hybridized carbons (Fsp3) is 0.600. The first-order valence-electron chi connectivity index (χ1n) is 9.10. The maximum atomic E-state index is 6.41. The first-order chi connectivity index (χ1) is 11.1. The largest absolute Gasteiger partial charge is 0.417 e. The molecule has 1 aliphatic heterocycles. The zero-order valence-electron chi connectivity index (χ0n) is 15.1. The molecule has 0 aromatic heterocycles. The lowest BCUT2D eigenvalue weighted by molar-refractivity contribution is 0.196. The predicted octanol–water partition coefficient (Wildman–Crippen LogP) is 5.08. The predicted molar refractivity (Wildman–Crippen MR) is 102 cm³/mol. The van der Waals surface area contributed by atoms with E-state index in [1.807, 2.05) is 0 Å². The lowest BCUT2D eigenvalue weighted by Crippen LogP contribution is -2.36. The van der Waals surface area contributed by atoms with Crippen LogP contribution >= 0.6 is 0 Å². The molecule has 2 atom stereocenters. The first-order valence-corrected chi connectivity index (χ1v) is 12.2. The fourth-order valence-corrected chi connectivity index (χ4v) is 5.50. The number of likely N-dealkylation sites (tertiary alicyclic amines) is 1. The minimum absolute atomic E-state index is 0.450. The average Bonchev–Trinajstić information content (AvgIpc) is 2.94. The Balaban J connectivity index is 1.87. The SMILES string of the molecule is C=C[C@H]1[C@H](CO[Si](C)(C)CCCC)CCN1Cc1ccccc1. The maximum Gasteiger partial charge on any atom is 0.186 e. The Morgan fingerprint density at radius 3 is 2.70 bits per heavy atom. The van der Waals surface area contributed by atoms with Gasteiger partial charge in [0.1, 0.15) is 0 Å². The second kappa shape index (κ2) is 8.81. The molecule has 1 aromatic carbocycles. The lowest BCUT2D eigenvalue weighted by atomic mass is 10.0. The van der Waals surface area contributed by atoms with Gasteiger partial charge in [-0.3, -0.25) is 4.90 Å². The molecule has 0 aliphatic carbocycles. The second-order valence-electron chi connectivity index (χ2n) is 7.41. The minimum Gasteiger partial charge on any atom is -0.417 e. The summed E-state index contributed by atoms with van der Waals surface area (Å²) in [5.74, 6) is 0.601. The molecule has 2 nitrogen and oxygen atoms in total. The van der Waals surface area contributed by atoms with E-state index in [1.165, 1.54) is 30.9 Å². The molecule has 0 bridgehead atoms. The molecule has 1 heterocycles. The van der Waals surface area contributed by atoms with Gasteiger partial charge in [-0.2, -0.15) is 0 Å². The summed E-state index contributed by atoms with van der Waals surface area (Å²) in [6.07, 6.45) is 5.92. The second-order valence-corrected chi connectivity index (χ2v) is 11.7. The van der Waals surface area contributed by atoms with Gasteiger partial charge in [0.2, 0.25) is 0 Å². The minimum atomic E-state index is -1.48. The van der Waals surface area contributed by atoms with Gasteiger partial charge in [0, 0.05) is 25.1 Å². The summed E-state index contributed by atoms with van der Waals surface area (Å²) in [4.78, 5) is 2.55. The molecule has 3 heteroatoms. The molecule has 128 valence electrons. The number of hydrogen-bond donors (Lipinski definition) is 0. The number of benzene rings is 1. The van der Waals surface area contributed by atoms with Crippen molar-refractivity contribution in [1.82, 2.24) is 4.90 Å². The Kier molecular flexibility index (Phi) is 7.06. The highest BCUT2D eigenvalue weighted by molar-refractivity contribution is 6.71. The van der Waals surface area contributed by atoms with E-state index in [4.69, 9.17) is 4.43 Å². The van der Waals surface area contributed by atoms with Crippen molar-refractivity contribution in [1.29, 1.82) is 0 Å². The van der Waals surface area contributed by atoms with Gasteiger partial charge >= 0.3 is 0 Å². The summed E-state index contributed by atoms with van der Waals surface area (Å²) in [5, 5.41) is 0. The van der Waals surface area contributed by atoms with E-state index in [0.717, 1.165) is 19.7 Å². The molecule has 0 spiro atoms. The molecular formula is C20H33NOSi. The monoisotopic (exact) mass is 331 g/mol. The van der Waals surface area contributed by atoms with Crippen molar-refractivity contribution in [2.45, 2.75) is 57.9 Å². The van der Waals surface area contributed by atoms with Crippen LogP contribution in [-0.2, 0) is 11.0 Å². The molecular weight excluding hydrogens is 298 g/mol. The smallest absolute Gasteiger partial charge is 0.186 e. The molecule has 0 amide bonds. The van der Waals surface area contributed by atoms with Crippen molar-refractivity contribution < 1.29 is 4.43 Å². The van der Waals surface area contributed by atoms with Crippen molar-refractivity contribution in [2.24, 2.45) is 5.92 Å². The van der Waals surface area contributed by atoms with Gasteiger partial charge in [-0.15, -0.1) is 6.58 Å². The number of nitrogens with zero attached hydrogens (tertiary/aromatic N) is 1. The van der Waals surface area contributed by atoms with Gasteiger partial charge in [0.25, 0.3) is 0 Å². The third-order valence-corrected chi connectivity index (χ3v) is 7.49. The molecule has 23 heavy (non-hydrogen) atoms. The van der Waals surface area contributed by atoms with Crippen LogP contribution in [0.4, 0.5) is 0 Å². The van der Waals surface area contributed by atoms with Gasteiger partial charge in [0.15, 0.2) is 8.32 Å². The van der Waals surface area contributed by atoms with Crippen LogP contribution in [0.1, 0.15) is 31.7 Å². The normalized spacial score (nSPS) is 22.4. The molecule has 0 saturated carbocycles. The van der Waals surface area contributed by atoms with E-state index in [0.29, 0.717) is 12.0 Å². The lowest BCUT2D eigenvalue weighted by Gasteiger charge is -2.29. The van der Waals surface area contributed by atoms with Crippen molar-refractivity contribution in [3.63, 3.8) is 0 Å². The average molecular weight is 332 g/mol. The summed E-state index contributed by atoms with van der Waals surface area (Å²) in [6.45, 7) is 14.2. The molecule has 0 N–H and O–H groups in total. The van der Waals surface area contributed by atoms with E-state index in [-0.39, 0.29) is 0 Å². The van der Waals surface area contributed by atoms with Gasteiger partial charge in [0.05, 0.1) is 0 Å². The van der Waals surface area contributed by atoms with E-state index in [9.17, 15) is 0 Å². The fourth-order valence-electron chi connectivity index (χ4n) is 3.48. The zero-order chi connectivity index (χ0) is 16.7. The third-order valence-electron chi connectivity index (χ3n) is 4.98. The van der Waals surface area contributed by atoms with Crippen LogP contribution in [0, 0.1) is 5.92 Å². The van der Waals surface area contributed by atoms with Gasteiger partial charge in [-0.1, -0.05) is 56.2 Å². The molecule has 0 unspecified atom stereocenters. The number of hydrogen-bond acceptors (Lipinski definition) is 2. The molecule has 1 fully saturated rings. The Morgan fingerprint density at radius 1 is 1.30 bits per heavy atom. The highest BCUT2D eigenvalue weighted by Gasteiger charge is 2.33. The van der Waals surface area contributed by atoms with Crippen molar-refractivity contribution >= 4 is 8.32 Å². The van der Waals surface area contributed by atoms with E-state index in [2.05, 4.69) is 67.9 Å². The zero-order valence-corrected chi connectivity index (χ0v) is 16.1. The summed E-state index contributed by atoms with van der Waals surface area (Å²) in [5.41, 5.74) is 1.39. The Bertz CT molecular complexity index is 474. The quantitative estimate of drug-likeness (QED) is 0.462. The van der Waals surface area contributed by atoms with Gasteiger partial charge < -0.3 is 4.43 Å². The summed E-state index contributed by atoms with van der Waals surface area (Å²) >= 11 is 0. The van der Waals surface area contributed by atoms with Crippen LogP contribution in [0.25, 0.3) is 0 Å². The molecule has 0 radical (unpaired) electrons. The standard InChI is InChI=1S/C20H33NOSi/c1-5-7-15-23(3,4)22-17-19-13-14-21(20(19)6-2)16-18-11-9-8-10-12-18/h6,8-12,19-20H,2,5,7,13-17H2,1,3-4H3/t19-,20-/m0/s1. The Hall–Kier alpha value is -0.903. The van der Waals surface area contributed by atoms with Crippen LogP contribution < -0.4 is 0 Å². The molecule has 2 rings (SSSR count). The summed E-state index contributed by atoms with van der Waals surface area (Å²) in [7, 11) is -1.48. The highest BCUT2D eigenvalue weighted by atomic mass is 28.4. The van der Waals surface area contributed by atoms with Crippen LogP contribution in [0.2, 0.25) is 19.1 Å².